The third kappa shape index (κ3) is 4.69. The largest absolute Gasteiger partial charge is 0.293 e. The molecule has 1 aromatic rings. The normalized spacial score (nSPS) is 20.3. The Hall–Kier alpha value is -0.110. The molecular formula is C16H17ClINOS2. The van der Waals surface area contributed by atoms with Crippen molar-refractivity contribution >= 4 is 68.4 Å². The van der Waals surface area contributed by atoms with E-state index in [1.807, 2.05) is 31.2 Å². The summed E-state index contributed by atoms with van der Waals surface area (Å²) < 4.78 is 1.67. The van der Waals surface area contributed by atoms with Crippen LogP contribution in [-0.2, 0) is 11.2 Å². The maximum absolute atomic E-state index is 12.7. The summed E-state index contributed by atoms with van der Waals surface area (Å²) in [6.45, 7) is 1.90. The number of hydrogen-bond donors (Lipinski definition) is 0. The monoisotopic (exact) mass is 465 g/mol. The zero-order valence-corrected chi connectivity index (χ0v) is 16.7. The molecule has 0 saturated carbocycles. The molecule has 1 aliphatic rings. The Balaban J connectivity index is 2.12. The van der Waals surface area contributed by atoms with Gasteiger partial charge in [-0.15, -0.1) is 11.6 Å². The summed E-state index contributed by atoms with van der Waals surface area (Å²) in [6, 6.07) is 10.4. The van der Waals surface area contributed by atoms with Gasteiger partial charge in [-0.25, -0.2) is 0 Å². The molecule has 0 radical (unpaired) electrons. The van der Waals surface area contributed by atoms with Crippen molar-refractivity contribution in [2.75, 3.05) is 11.6 Å². The van der Waals surface area contributed by atoms with Crippen molar-refractivity contribution in [1.29, 1.82) is 0 Å². The van der Waals surface area contributed by atoms with Gasteiger partial charge in [0.05, 0.1) is 17.8 Å². The summed E-state index contributed by atoms with van der Waals surface area (Å²) >= 11 is 14.9. The Bertz CT molecular complexity index is 579. The van der Waals surface area contributed by atoms with Crippen molar-refractivity contribution < 1.29 is 4.79 Å². The first kappa shape index (κ1) is 18.2. The molecule has 2 atom stereocenters. The van der Waals surface area contributed by atoms with Crippen molar-refractivity contribution in [2.45, 2.75) is 19.4 Å². The Morgan fingerprint density at radius 3 is 2.86 bits per heavy atom. The molecule has 22 heavy (non-hydrogen) atoms. The topological polar surface area (TPSA) is 20.3 Å². The van der Waals surface area contributed by atoms with E-state index in [1.54, 1.807) is 16.7 Å². The second kappa shape index (κ2) is 8.66. The number of allylic oxidation sites excluding steroid dienone is 1. The lowest BCUT2D eigenvalue weighted by Gasteiger charge is -2.25. The molecule has 0 unspecified atom stereocenters. The van der Waals surface area contributed by atoms with Gasteiger partial charge in [-0.1, -0.05) is 67.3 Å². The molecule has 1 aromatic carbocycles. The van der Waals surface area contributed by atoms with Crippen molar-refractivity contribution in [1.82, 2.24) is 4.90 Å². The minimum absolute atomic E-state index is 0.0650. The van der Waals surface area contributed by atoms with Gasteiger partial charge in [0, 0.05) is 9.33 Å². The number of thiocarbonyl (C=S) groups is 1. The summed E-state index contributed by atoms with van der Waals surface area (Å²) in [5.41, 5.74) is 1.23. The SMILES string of the molecule is C[C@@H](/C=C(/I)CCl)C(=O)N1C(=S)SC[C@@H]1Cc1ccccc1. The first-order valence-corrected chi connectivity index (χ1v) is 9.99. The van der Waals surface area contributed by atoms with E-state index >= 15 is 0 Å². The van der Waals surface area contributed by atoms with Crippen molar-refractivity contribution in [2.24, 2.45) is 5.92 Å². The molecule has 1 amide bonds. The first-order valence-electron chi connectivity index (χ1n) is 6.99. The third-order valence-corrected chi connectivity index (χ3v) is 6.49. The fourth-order valence-electron chi connectivity index (χ4n) is 2.37. The zero-order chi connectivity index (χ0) is 16.1. The second-order valence-corrected chi connectivity index (χ2v) is 8.47. The maximum atomic E-state index is 12.7. The van der Waals surface area contributed by atoms with E-state index in [4.69, 9.17) is 23.8 Å². The summed E-state index contributed by atoms with van der Waals surface area (Å²) in [6.07, 6.45) is 2.75. The molecule has 0 spiro atoms. The first-order chi connectivity index (χ1) is 10.5. The summed E-state index contributed by atoms with van der Waals surface area (Å²) in [7, 11) is 0. The van der Waals surface area contributed by atoms with Gasteiger partial charge in [-0.2, -0.15) is 0 Å². The van der Waals surface area contributed by atoms with E-state index in [-0.39, 0.29) is 17.9 Å². The number of amides is 1. The Morgan fingerprint density at radius 1 is 1.55 bits per heavy atom. The third-order valence-electron chi connectivity index (χ3n) is 3.46. The lowest BCUT2D eigenvalue weighted by Crippen LogP contribution is -2.42. The number of halogens is 2. The van der Waals surface area contributed by atoms with Gasteiger partial charge in [0.1, 0.15) is 4.32 Å². The maximum Gasteiger partial charge on any atom is 0.234 e. The lowest BCUT2D eigenvalue weighted by molar-refractivity contribution is -0.130. The number of carbonyl (C=O) groups is 1. The fraction of sp³-hybridized carbons (Fsp3) is 0.375. The van der Waals surface area contributed by atoms with Crippen LogP contribution < -0.4 is 0 Å². The van der Waals surface area contributed by atoms with Crippen LogP contribution in [0, 0.1) is 5.92 Å². The number of benzene rings is 1. The number of alkyl halides is 1. The highest BCUT2D eigenvalue weighted by molar-refractivity contribution is 14.1. The van der Waals surface area contributed by atoms with Crippen molar-refractivity contribution in [3.05, 3.63) is 45.6 Å². The van der Waals surface area contributed by atoms with Gasteiger partial charge >= 0.3 is 0 Å². The fourth-order valence-corrected chi connectivity index (χ4v) is 4.43. The average Bonchev–Trinajstić information content (AvgIpc) is 2.88. The van der Waals surface area contributed by atoms with E-state index in [0.717, 1.165) is 15.8 Å². The number of rotatable bonds is 5. The number of hydrogen-bond acceptors (Lipinski definition) is 3. The number of nitrogens with zero attached hydrogens (tertiary/aromatic N) is 1. The molecule has 1 heterocycles. The Kier molecular flexibility index (Phi) is 7.18. The molecule has 2 nitrogen and oxygen atoms in total. The second-order valence-electron chi connectivity index (χ2n) is 5.16. The van der Waals surface area contributed by atoms with Gasteiger partial charge in [0.2, 0.25) is 5.91 Å². The minimum atomic E-state index is -0.208. The standard InChI is InChI=1S/C16H17ClINOS2/c1-11(7-13(18)9-17)15(20)19-14(10-22-16(19)21)8-12-5-3-2-4-6-12/h2-7,11,14H,8-10H2,1H3/b13-7+/t11-,14-/m0/s1. The molecule has 0 bridgehead atoms. The van der Waals surface area contributed by atoms with Crippen LogP contribution in [0.25, 0.3) is 0 Å². The zero-order valence-electron chi connectivity index (χ0n) is 12.2. The average molecular weight is 466 g/mol. The highest BCUT2D eigenvalue weighted by Crippen LogP contribution is 2.29. The van der Waals surface area contributed by atoms with Gasteiger partial charge in [0.15, 0.2) is 0 Å². The molecule has 0 aliphatic carbocycles. The van der Waals surface area contributed by atoms with Crippen LogP contribution in [0.5, 0.6) is 0 Å². The molecular weight excluding hydrogens is 449 g/mol. The highest BCUT2D eigenvalue weighted by atomic mass is 127. The molecule has 1 aliphatic heterocycles. The molecule has 2 rings (SSSR count). The van der Waals surface area contributed by atoms with E-state index < -0.39 is 0 Å². The highest BCUT2D eigenvalue weighted by Gasteiger charge is 2.35. The van der Waals surface area contributed by atoms with Crippen LogP contribution in [-0.4, -0.2) is 32.8 Å². The van der Waals surface area contributed by atoms with E-state index in [9.17, 15) is 4.79 Å². The van der Waals surface area contributed by atoms with Crippen LogP contribution in [0.4, 0.5) is 0 Å². The van der Waals surface area contributed by atoms with Crippen LogP contribution >= 0.6 is 58.2 Å². The van der Waals surface area contributed by atoms with Crippen molar-refractivity contribution in [3.63, 3.8) is 0 Å². The summed E-state index contributed by atoms with van der Waals surface area (Å²) in [4.78, 5) is 14.5. The summed E-state index contributed by atoms with van der Waals surface area (Å²) in [5.74, 6) is 1.16. The van der Waals surface area contributed by atoms with Crippen LogP contribution in [0.3, 0.4) is 0 Å². The van der Waals surface area contributed by atoms with Crippen LogP contribution in [0.1, 0.15) is 12.5 Å². The van der Waals surface area contributed by atoms with E-state index in [1.165, 1.54) is 5.56 Å². The molecule has 1 saturated heterocycles. The van der Waals surface area contributed by atoms with Crippen LogP contribution in [0.2, 0.25) is 0 Å². The quantitative estimate of drug-likeness (QED) is 0.359. The molecule has 0 N–H and O–H groups in total. The molecule has 118 valence electrons. The predicted molar refractivity (Wildman–Crippen MR) is 108 cm³/mol. The Morgan fingerprint density at radius 2 is 2.23 bits per heavy atom. The van der Waals surface area contributed by atoms with Gasteiger partial charge in [0.25, 0.3) is 0 Å². The van der Waals surface area contributed by atoms with E-state index in [2.05, 4.69) is 34.7 Å². The summed E-state index contributed by atoms with van der Waals surface area (Å²) in [5, 5.41) is 0. The minimum Gasteiger partial charge on any atom is -0.293 e. The number of thioether (sulfide) groups is 1. The lowest BCUT2D eigenvalue weighted by atomic mass is 10.0. The van der Waals surface area contributed by atoms with Gasteiger partial charge in [-0.3, -0.25) is 9.69 Å². The molecule has 6 heteroatoms. The van der Waals surface area contributed by atoms with Gasteiger partial charge in [-0.05, 0) is 34.6 Å². The molecule has 1 fully saturated rings. The van der Waals surface area contributed by atoms with Crippen molar-refractivity contribution in [3.8, 4) is 0 Å². The predicted octanol–water partition coefficient (Wildman–Crippen LogP) is 4.65. The smallest absolute Gasteiger partial charge is 0.234 e. The van der Waals surface area contributed by atoms with Crippen LogP contribution in [0.15, 0.2) is 40.0 Å². The van der Waals surface area contributed by atoms with E-state index in [0.29, 0.717) is 10.2 Å². The van der Waals surface area contributed by atoms with Gasteiger partial charge < -0.3 is 0 Å². The molecule has 0 aromatic heterocycles. The number of carbonyl (C=O) groups excluding carboxylic acids is 1. The Labute approximate surface area is 159 Å².